The molecule has 0 aromatic rings. The number of hydrogen-bond donors (Lipinski definition) is 2. The maximum Gasteiger partial charge on any atom is 0.356 e. The molecular weight excluding hydrogens is 194 g/mol. The van der Waals surface area contributed by atoms with Gasteiger partial charge in [0.2, 0.25) is 0 Å². The Morgan fingerprint density at radius 1 is 1.67 bits per heavy atom. The van der Waals surface area contributed by atoms with Crippen LogP contribution in [0.2, 0.25) is 0 Å². The predicted octanol–water partition coefficient (Wildman–Crippen LogP) is -0.0238. The second-order valence-electron chi connectivity index (χ2n) is 2.63. The van der Waals surface area contributed by atoms with Crippen molar-refractivity contribution in [1.82, 2.24) is 0 Å². The Labute approximate surface area is 89.5 Å². The average molecular weight is 211 g/mol. The third-order valence-corrected chi connectivity index (χ3v) is 1.56. The lowest BCUT2D eigenvalue weighted by Crippen LogP contribution is -2.22. The summed E-state index contributed by atoms with van der Waals surface area (Å²) in [7, 11) is 0. The Balaban J connectivity index is 4.77. The Morgan fingerprint density at radius 3 is 2.73 bits per heavy atom. The molecule has 0 bridgehead atoms. The summed E-state index contributed by atoms with van der Waals surface area (Å²) in [5, 5.41) is 0. The third-order valence-electron chi connectivity index (χ3n) is 1.56. The number of aliphatic imine (C=N–C) groups is 1. The Bertz CT molecular complexity index is 272. The van der Waals surface area contributed by atoms with Crippen molar-refractivity contribution in [1.29, 1.82) is 0 Å². The first kappa shape index (κ1) is 13.4. The van der Waals surface area contributed by atoms with Gasteiger partial charge >= 0.3 is 5.97 Å². The zero-order chi connectivity index (χ0) is 11.7. The van der Waals surface area contributed by atoms with Crippen LogP contribution < -0.4 is 11.5 Å². The van der Waals surface area contributed by atoms with Gasteiger partial charge in [0.05, 0.1) is 12.6 Å². The van der Waals surface area contributed by atoms with Gasteiger partial charge in [0.1, 0.15) is 5.71 Å². The van der Waals surface area contributed by atoms with E-state index in [1.54, 1.807) is 13.0 Å². The lowest BCUT2D eigenvalue weighted by atomic mass is 10.3. The van der Waals surface area contributed by atoms with Crippen LogP contribution in [0.15, 0.2) is 29.9 Å². The maximum atomic E-state index is 11.4. The first-order valence-electron chi connectivity index (χ1n) is 4.65. The average Bonchev–Trinajstić information content (AvgIpc) is 2.24. The number of carbonyl (C=O) groups excluding carboxylic acids is 1. The van der Waals surface area contributed by atoms with Gasteiger partial charge in [0.15, 0.2) is 0 Å². The summed E-state index contributed by atoms with van der Waals surface area (Å²) in [5.41, 5.74) is 10.8. The molecule has 5 nitrogen and oxygen atoms in total. The molecule has 0 unspecified atom stereocenters. The molecule has 84 valence electrons. The van der Waals surface area contributed by atoms with Crippen molar-refractivity contribution < 1.29 is 9.53 Å². The van der Waals surface area contributed by atoms with E-state index in [-0.39, 0.29) is 24.9 Å². The molecule has 0 spiro atoms. The number of nitrogens with zero attached hydrogens (tertiary/aromatic N) is 1. The van der Waals surface area contributed by atoms with Crippen molar-refractivity contribution in [2.24, 2.45) is 16.5 Å². The van der Waals surface area contributed by atoms with Crippen molar-refractivity contribution in [2.45, 2.75) is 13.0 Å². The van der Waals surface area contributed by atoms with E-state index < -0.39 is 5.97 Å². The molecule has 0 aromatic heterocycles. The Kier molecular flexibility index (Phi) is 6.92. The van der Waals surface area contributed by atoms with Gasteiger partial charge in [-0.05, 0) is 19.2 Å². The molecule has 0 aliphatic heterocycles. The highest BCUT2D eigenvalue weighted by Crippen LogP contribution is 1.95. The topological polar surface area (TPSA) is 90.7 Å². The van der Waals surface area contributed by atoms with Crippen molar-refractivity contribution in [3.8, 4) is 0 Å². The molecule has 1 atom stereocenters. The fourth-order valence-corrected chi connectivity index (χ4v) is 0.840. The minimum absolute atomic E-state index is 0.148. The third kappa shape index (κ3) is 4.97. The SMILES string of the molecule is C=C[C@@H](CN)N=C(C=CN)C(=O)OCC. The molecule has 0 saturated heterocycles. The van der Waals surface area contributed by atoms with Crippen LogP contribution in [0, 0.1) is 0 Å². The molecule has 15 heavy (non-hydrogen) atoms. The molecular formula is C10H17N3O2. The van der Waals surface area contributed by atoms with Gasteiger partial charge in [0.25, 0.3) is 0 Å². The molecule has 0 aliphatic carbocycles. The summed E-state index contributed by atoms with van der Waals surface area (Å²) < 4.78 is 4.79. The smallest absolute Gasteiger partial charge is 0.356 e. The maximum absolute atomic E-state index is 11.4. The Hall–Kier alpha value is -1.62. The van der Waals surface area contributed by atoms with Crippen molar-refractivity contribution in [3.05, 3.63) is 24.9 Å². The lowest BCUT2D eigenvalue weighted by Gasteiger charge is -2.06. The van der Waals surface area contributed by atoms with Crippen LogP contribution >= 0.6 is 0 Å². The number of carbonyl (C=O) groups is 1. The largest absolute Gasteiger partial charge is 0.461 e. The molecule has 4 N–H and O–H groups in total. The summed E-state index contributed by atoms with van der Waals surface area (Å²) in [5.74, 6) is -0.514. The van der Waals surface area contributed by atoms with Gasteiger partial charge < -0.3 is 16.2 Å². The highest BCUT2D eigenvalue weighted by Gasteiger charge is 2.10. The number of hydrogen-bond acceptors (Lipinski definition) is 5. The summed E-state index contributed by atoms with van der Waals surface area (Å²) in [6.45, 7) is 5.85. The van der Waals surface area contributed by atoms with Gasteiger partial charge in [-0.1, -0.05) is 6.08 Å². The highest BCUT2D eigenvalue weighted by atomic mass is 16.5. The number of rotatable bonds is 6. The van der Waals surface area contributed by atoms with Gasteiger partial charge in [-0.2, -0.15) is 0 Å². The minimum Gasteiger partial charge on any atom is -0.461 e. The normalized spacial score (nSPS) is 13.9. The van der Waals surface area contributed by atoms with Crippen LogP contribution in [-0.2, 0) is 9.53 Å². The molecule has 0 amide bonds. The van der Waals surface area contributed by atoms with E-state index in [2.05, 4.69) is 11.6 Å². The van der Waals surface area contributed by atoms with E-state index >= 15 is 0 Å². The molecule has 0 fully saturated rings. The van der Waals surface area contributed by atoms with E-state index in [1.807, 2.05) is 0 Å². The van der Waals surface area contributed by atoms with Gasteiger partial charge in [-0.3, -0.25) is 4.99 Å². The quantitative estimate of drug-likeness (QED) is 0.367. The molecule has 5 heteroatoms. The second-order valence-corrected chi connectivity index (χ2v) is 2.63. The highest BCUT2D eigenvalue weighted by molar-refractivity contribution is 6.41. The summed E-state index contributed by atoms with van der Waals surface area (Å²) >= 11 is 0. The number of nitrogens with two attached hydrogens (primary N) is 2. The van der Waals surface area contributed by atoms with Crippen molar-refractivity contribution in [2.75, 3.05) is 13.2 Å². The minimum atomic E-state index is -0.514. The molecule has 0 aromatic carbocycles. The molecule has 0 radical (unpaired) electrons. The van der Waals surface area contributed by atoms with Crippen LogP contribution in [0.25, 0.3) is 0 Å². The zero-order valence-corrected chi connectivity index (χ0v) is 8.85. The fraction of sp³-hybridized carbons (Fsp3) is 0.400. The van der Waals surface area contributed by atoms with E-state index in [9.17, 15) is 4.79 Å². The number of ether oxygens (including phenoxy) is 1. The molecule has 0 rings (SSSR count). The van der Waals surface area contributed by atoms with Crippen LogP contribution in [0.1, 0.15) is 6.92 Å². The van der Waals surface area contributed by atoms with Gasteiger partial charge in [-0.15, -0.1) is 6.58 Å². The fourth-order valence-electron chi connectivity index (χ4n) is 0.840. The van der Waals surface area contributed by atoms with E-state index in [4.69, 9.17) is 16.2 Å². The van der Waals surface area contributed by atoms with Crippen molar-refractivity contribution in [3.63, 3.8) is 0 Å². The van der Waals surface area contributed by atoms with Crippen molar-refractivity contribution >= 4 is 11.7 Å². The van der Waals surface area contributed by atoms with E-state index in [0.717, 1.165) is 0 Å². The second kappa shape index (κ2) is 7.75. The van der Waals surface area contributed by atoms with Gasteiger partial charge in [0, 0.05) is 6.54 Å². The van der Waals surface area contributed by atoms with E-state index in [1.165, 1.54) is 12.3 Å². The lowest BCUT2D eigenvalue weighted by molar-refractivity contribution is -0.134. The Morgan fingerprint density at radius 2 is 2.33 bits per heavy atom. The zero-order valence-electron chi connectivity index (χ0n) is 8.85. The monoisotopic (exact) mass is 211 g/mol. The standard InChI is InChI=1S/C10H17N3O2/c1-3-8(7-12)13-9(5-6-11)10(14)15-4-2/h3,5-6,8H,1,4,7,11-12H2,2H3/t8-/m0/s1. The molecule has 0 heterocycles. The summed E-state index contributed by atoms with van der Waals surface area (Å²) in [4.78, 5) is 15.4. The van der Waals surface area contributed by atoms with Gasteiger partial charge in [-0.25, -0.2) is 4.79 Å². The summed E-state index contributed by atoms with van der Waals surface area (Å²) in [6.07, 6.45) is 4.17. The summed E-state index contributed by atoms with van der Waals surface area (Å²) in [6, 6.07) is -0.305. The van der Waals surface area contributed by atoms with Crippen LogP contribution in [0.3, 0.4) is 0 Å². The number of esters is 1. The molecule has 0 aliphatic rings. The van der Waals surface area contributed by atoms with E-state index in [0.29, 0.717) is 0 Å². The predicted molar refractivity (Wildman–Crippen MR) is 60.4 cm³/mol. The first-order chi connectivity index (χ1) is 7.19. The van der Waals surface area contributed by atoms with Crippen LogP contribution in [0.4, 0.5) is 0 Å². The van der Waals surface area contributed by atoms with Crippen LogP contribution in [0.5, 0.6) is 0 Å². The van der Waals surface area contributed by atoms with Crippen LogP contribution in [-0.4, -0.2) is 30.9 Å². The first-order valence-corrected chi connectivity index (χ1v) is 4.65. The molecule has 0 saturated carbocycles.